The van der Waals surface area contributed by atoms with Gasteiger partial charge in [-0.15, -0.1) is 0 Å². The smallest absolute Gasteiger partial charge is 0.239 e. The van der Waals surface area contributed by atoms with Crippen LogP contribution in [-0.2, 0) is 21.4 Å². The lowest BCUT2D eigenvalue weighted by Gasteiger charge is -2.19. The Kier molecular flexibility index (Phi) is 6.60. The topological polar surface area (TPSA) is 58.2 Å². The highest BCUT2D eigenvalue weighted by molar-refractivity contribution is 5.84. The minimum atomic E-state index is -0.155. The van der Waals surface area contributed by atoms with E-state index in [1.165, 1.54) is 5.56 Å². The molecule has 0 aliphatic rings. The van der Waals surface area contributed by atoms with E-state index in [0.29, 0.717) is 12.8 Å². The molecular weight excluding hydrogens is 276 g/mol. The second kappa shape index (κ2) is 7.97. The van der Waals surface area contributed by atoms with Crippen molar-refractivity contribution >= 4 is 11.8 Å². The first-order valence-electron chi connectivity index (χ1n) is 7.84. The molecule has 4 nitrogen and oxygen atoms in total. The van der Waals surface area contributed by atoms with E-state index >= 15 is 0 Å². The first-order chi connectivity index (χ1) is 10.2. The van der Waals surface area contributed by atoms with Crippen LogP contribution in [0.1, 0.15) is 52.2 Å². The van der Waals surface area contributed by atoms with Gasteiger partial charge in [0.15, 0.2) is 0 Å². The summed E-state index contributed by atoms with van der Waals surface area (Å²) >= 11 is 0. The number of nitrogens with one attached hydrogen (secondary N) is 2. The second-order valence-electron chi connectivity index (χ2n) is 6.95. The molecule has 0 atom stereocenters. The maximum Gasteiger partial charge on any atom is 0.239 e. The summed E-state index contributed by atoms with van der Waals surface area (Å²) < 4.78 is 0. The van der Waals surface area contributed by atoms with Crippen molar-refractivity contribution in [3.8, 4) is 0 Å². The number of aryl methyl sites for hydroxylation is 1. The summed E-state index contributed by atoms with van der Waals surface area (Å²) in [6, 6.07) is 8.46. The van der Waals surface area contributed by atoms with Crippen molar-refractivity contribution in [1.29, 1.82) is 0 Å². The number of benzene rings is 1. The number of hydrogen-bond acceptors (Lipinski definition) is 2. The number of carbonyl (C=O) groups excluding carboxylic acids is 2. The molecule has 2 amide bonds. The highest BCUT2D eigenvalue weighted by atomic mass is 16.2. The standard InChI is InChI=1S/C18H28N2O2/c1-13(2)20-17(22)12-19-16(21)11-8-14-6-9-15(10-7-14)18(3,4)5/h6-7,9-10,13H,8,11-12H2,1-5H3,(H,19,21)(H,20,22). The van der Waals surface area contributed by atoms with Crippen molar-refractivity contribution in [2.75, 3.05) is 6.54 Å². The summed E-state index contributed by atoms with van der Waals surface area (Å²) in [7, 11) is 0. The quantitative estimate of drug-likeness (QED) is 0.848. The van der Waals surface area contributed by atoms with Crippen molar-refractivity contribution in [3.63, 3.8) is 0 Å². The number of amides is 2. The molecule has 0 unspecified atom stereocenters. The summed E-state index contributed by atoms with van der Waals surface area (Å²) in [5.41, 5.74) is 2.56. The molecule has 4 heteroatoms. The van der Waals surface area contributed by atoms with Crippen LogP contribution in [0.15, 0.2) is 24.3 Å². The largest absolute Gasteiger partial charge is 0.352 e. The van der Waals surface area contributed by atoms with E-state index < -0.39 is 0 Å². The Morgan fingerprint density at radius 3 is 2.14 bits per heavy atom. The molecule has 0 spiro atoms. The van der Waals surface area contributed by atoms with Crippen LogP contribution in [-0.4, -0.2) is 24.4 Å². The Labute approximate surface area is 133 Å². The van der Waals surface area contributed by atoms with E-state index in [4.69, 9.17) is 0 Å². The van der Waals surface area contributed by atoms with Crippen molar-refractivity contribution in [3.05, 3.63) is 35.4 Å². The van der Waals surface area contributed by atoms with Gasteiger partial charge in [0.05, 0.1) is 6.54 Å². The summed E-state index contributed by atoms with van der Waals surface area (Å²) in [5, 5.41) is 5.38. The molecule has 0 saturated heterocycles. The molecular formula is C18H28N2O2. The van der Waals surface area contributed by atoms with Crippen LogP contribution in [0, 0.1) is 0 Å². The Balaban J connectivity index is 2.37. The van der Waals surface area contributed by atoms with E-state index in [9.17, 15) is 9.59 Å². The average Bonchev–Trinajstić information content (AvgIpc) is 2.41. The van der Waals surface area contributed by atoms with Gasteiger partial charge in [-0.3, -0.25) is 9.59 Å². The fourth-order valence-corrected chi connectivity index (χ4v) is 2.07. The van der Waals surface area contributed by atoms with Crippen LogP contribution in [0.3, 0.4) is 0 Å². The molecule has 0 bridgehead atoms. The highest BCUT2D eigenvalue weighted by Crippen LogP contribution is 2.22. The summed E-state index contributed by atoms with van der Waals surface area (Å²) in [5.74, 6) is -0.253. The Morgan fingerprint density at radius 2 is 1.64 bits per heavy atom. The van der Waals surface area contributed by atoms with Crippen molar-refractivity contribution in [2.24, 2.45) is 0 Å². The molecule has 122 valence electrons. The Bertz CT molecular complexity index is 499. The zero-order chi connectivity index (χ0) is 16.8. The Hall–Kier alpha value is -1.84. The van der Waals surface area contributed by atoms with Gasteiger partial charge in [-0.25, -0.2) is 0 Å². The lowest BCUT2D eigenvalue weighted by Crippen LogP contribution is -2.39. The van der Waals surface area contributed by atoms with Crippen LogP contribution in [0.2, 0.25) is 0 Å². The van der Waals surface area contributed by atoms with E-state index in [1.54, 1.807) is 0 Å². The van der Waals surface area contributed by atoms with Crippen LogP contribution < -0.4 is 10.6 Å². The van der Waals surface area contributed by atoms with E-state index in [-0.39, 0.29) is 29.8 Å². The third kappa shape index (κ3) is 6.74. The fraction of sp³-hybridized carbons (Fsp3) is 0.556. The fourth-order valence-electron chi connectivity index (χ4n) is 2.07. The average molecular weight is 304 g/mol. The number of rotatable bonds is 6. The molecule has 0 heterocycles. The number of hydrogen-bond donors (Lipinski definition) is 2. The molecule has 2 N–H and O–H groups in total. The van der Waals surface area contributed by atoms with Gasteiger partial charge >= 0.3 is 0 Å². The maximum atomic E-state index is 11.7. The summed E-state index contributed by atoms with van der Waals surface area (Å²) in [4.78, 5) is 23.2. The lowest BCUT2D eigenvalue weighted by atomic mass is 9.86. The maximum absolute atomic E-state index is 11.7. The highest BCUT2D eigenvalue weighted by Gasteiger charge is 2.13. The van der Waals surface area contributed by atoms with Gasteiger partial charge in [-0.05, 0) is 36.8 Å². The molecule has 22 heavy (non-hydrogen) atoms. The molecule has 0 aromatic heterocycles. The van der Waals surface area contributed by atoms with Gasteiger partial charge in [0, 0.05) is 12.5 Å². The minimum Gasteiger partial charge on any atom is -0.352 e. The molecule has 0 saturated carbocycles. The Morgan fingerprint density at radius 1 is 1.05 bits per heavy atom. The lowest BCUT2D eigenvalue weighted by molar-refractivity contribution is -0.126. The van der Waals surface area contributed by atoms with Crippen molar-refractivity contribution in [1.82, 2.24) is 10.6 Å². The molecule has 1 rings (SSSR count). The third-order valence-corrected chi connectivity index (χ3v) is 3.36. The molecule has 0 fully saturated rings. The van der Waals surface area contributed by atoms with Crippen molar-refractivity contribution < 1.29 is 9.59 Å². The summed E-state index contributed by atoms with van der Waals surface area (Å²) in [6.07, 6.45) is 1.08. The number of carbonyl (C=O) groups is 2. The van der Waals surface area contributed by atoms with Crippen LogP contribution >= 0.6 is 0 Å². The normalized spacial score (nSPS) is 11.4. The zero-order valence-electron chi connectivity index (χ0n) is 14.3. The first-order valence-corrected chi connectivity index (χ1v) is 7.84. The minimum absolute atomic E-state index is 0.0416. The molecule has 1 aromatic rings. The predicted octanol–water partition coefficient (Wildman–Crippen LogP) is 2.56. The molecule has 0 aliphatic heterocycles. The van der Waals surface area contributed by atoms with Crippen LogP contribution in [0.5, 0.6) is 0 Å². The van der Waals surface area contributed by atoms with Gasteiger partial charge < -0.3 is 10.6 Å². The molecule has 0 aliphatic carbocycles. The van der Waals surface area contributed by atoms with Gasteiger partial charge in [0.2, 0.25) is 11.8 Å². The van der Waals surface area contributed by atoms with Crippen LogP contribution in [0.4, 0.5) is 0 Å². The van der Waals surface area contributed by atoms with Crippen molar-refractivity contribution in [2.45, 2.75) is 58.9 Å². The first kappa shape index (κ1) is 18.2. The van der Waals surface area contributed by atoms with E-state index in [0.717, 1.165) is 5.56 Å². The monoisotopic (exact) mass is 304 g/mol. The van der Waals surface area contributed by atoms with Gasteiger partial charge in [0.25, 0.3) is 0 Å². The van der Waals surface area contributed by atoms with Gasteiger partial charge in [-0.1, -0.05) is 45.0 Å². The van der Waals surface area contributed by atoms with Gasteiger partial charge in [-0.2, -0.15) is 0 Å². The molecule has 1 aromatic carbocycles. The molecule has 0 radical (unpaired) electrons. The van der Waals surface area contributed by atoms with E-state index in [2.05, 4.69) is 55.7 Å². The SMILES string of the molecule is CC(C)NC(=O)CNC(=O)CCc1ccc(C(C)(C)C)cc1. The summed E-state index contributed by atoms with van der Waals surface area (Å²) in [6.45, 7) is 10.4. The van der Waals surface area contributed by atoms with Gasteiger partial charge in [0.1, 0.15) is 0 Å². The predicted molar refractivity (Wildman–Crippen MR) is 89.8 cm³/mol. The third-order valence-electron chi connectivity index (χ3n) is 3.36. The zero-order valence-corrected chi connectivity index (χ0v) is 14.3. The van der Waals surface area contributed by atoms with Crippen LogP contribution in [0.25, 0.3) is 0 Å². The van der Waals surface area contributed by atoms with E-state index in [1.807, 2.05) is 13.8 Å². The second-order valence-corrected chi connectivity index (χ2v) is 6.95.